The maximum atomic E-state index is 9.33. The molecule has 1 nitrogen and oxygen atoms in total. The number of benzene rings is 1. The van der Waals surface area contributed by atoms with Crippen LogP contribution >= 0.6 is 0 Å². The Kier molecular flexibility index (Phi) is 3.15. The number of phenolic OH excluding ortho intramolecular Hbond substituents is 1. The Morgan fingerprint density at radius 3 is 2.75 bits per heavy atom. The number of hydrogen-bond acceptors (Lipinski definition) is 1. The smallest absolute Gasteiger partial charge is 0.122 e. The van der Waals surface area contributed by atoms with E-state index in [1.54, 1.807) is 12.1 Å². The summed E-state index contributed by atoms with van der Waals surface area (Å²) >= 11 is 0. The Morgan fingerprint density at radius 1 is 1.33 bits per heavy atom. The van der Waals surface area contributed by atoms with Gasteiger partial charge in [-0.25, -0.2) is 0 Å². The molecule has 1 aromatic carbocycles. The van der Waals surface area contributed by atoms with Crippen molar-refractivity contribution >= 4 is 6.08 Å². The lowest BCUT2D eigenvalue weighted by molar-refractivity contribution is 0.474. The van der Waals surface area contributed by atoms with Crippen molar-refractivity contribution in [2.75, 3.05) is 0 Å². The number of phenols is 1. The molecule has 0 aliphatic carbocycles. The van der Waals surface area contributed by atoms with Crippen molar-refractivity contribution in [2.24, 2.45) is 0 Å². The van der Waals surface area contributed by atoms with Crippen LogP contribution in [0.5, 0.6) is 5.75 Å². The molecule has 0 saturated heterocycles. The average Bonchev–Trinajstić information content (AvgIpc) is 2.09. The quantitative estimate of drug-likeness (QED) is 0.674. The first-order chi connectivity index (χ1) is 5.84. The third kappa shape index (κ3) is 2.27. The van der Waals surface area contributed by atoms with Gasteiger partial charge in [-0.2, -0.15) is 0 Å². The molecule has 1 aromatic rings. The number of para-hydroxylation sites is 1. The maximum absolute atomic E-state index is 9.33. The molecule has 0 unspecified atom stereocenters. The van der Waals surface area contributed by atoms with Crippen molar-refractivity contribution in [3.63, 3.8) is 0 Å². The van der Waals surface area contributed by atoms with Gasteiger partial charge in [-0.3, -0.25) is 0 Å². The Morgan fingerprint density at radius 2 is 2.08 bits per heavy atom. The molecule has 0 bridgehead atoms. The van der Waals surface area contributed by atoms with Gasteiger partial charge in [-0.15, -0.1) is 6.58 Å². The number of rotatable bonds is 3. The minimum atomic E-state index is 0.317. The fourth-order valence-electron chi connectivity index (χ4n) is 0.920. The standard InChI is InChI=1S/C11H12O/c1-2-3-4-7-10-8-5-6-9-11(10)12/h2,4-9,12H,1,3H2. The number of allylic oxidation sites excluding steroid dienone is 2. The van der Waals surface area contributed by atoms with Crippen molar-refractivity contribution in [1.82, 2.24) is 0 Å². The van der Waals surface area contributed by atoms with E-state index < -0.39 is 0 Å². The van der Waals surface area contributed by atoms with E-state index in [2.05, 4.69) is 6.58 Å². The normalized spacial score (nSPS) is 10.3. The second-order valence-corrected chi connectivity index (χ2v) is 2.49. The molecular formula is C11H12O. The Bertz CT molecular complexity index is 287. The summed E-state index contributed by atoms with van der Waals surface area (Å²) in [5.41, 5.74) is 0.847. The molecular weight excluding hydrogens is 148 g/mol. The first-order valence-electron chi connectivity index (χ1n) is 3.90. The first-order valence-corrected chi connectivity index (χ1v) is 3.90. The zero-order chi connectivity index (χ0) is 8.81. The lowest BCUT2D eigenvalue weighted by Gasteiger charge is -1.95. The molecule has 0 amide bonds. The van der Waals surface area contributed by atoms with Crippen LogP contribution in [0.25, 0.3) is 6.08 Å². The van der Waals surface area contributed by atoms with Crippen LogP contribution in [0.4, 0.5) is 0 Å². The van der Waals surface area contributed by atoms with Gasteiger partial charge in [0.2, 0.25) is 0 Å². The van der Waals surface area contributed by atoms with Crippen LogP contribution in [0.1, 0.15) is 12.0 Å². The minimum absolute atomic E-state index is 0.317. The summed E-state index contributed by atoms with van der Waals surface area (Å²) in [4.78, 5) is 0. The Hall–Kier alpha value is -1.50. The van der Waals surface area contributed by atoms with Crippen molar-refractivity contribution in [2.45, 2.75) is 6.42 Å². The van der Waals surface area contributed by atoms with Crippen molar-refractivity contribution in [1.29, 1.82) is 0 Å². The van der Waals surface area contributed by atoms with E-state index in [-0.39, 0.29) is 0 Å². The zero-order valence-electron chi connectivity index (χ0n) is 6.90. The topological polar surface area (TPSA) is 20.2 Å². The molecule has 0 atom stereocenters. The highest BCUT2D eigenvalue weighted by atomic mass is 16.3. The molecule has 0 saturated carbocycles. The molecule has 0 aromatic heterocycles. The summed E-state index contributed by atoms with van der Waals surface area (Å²) < 4.78 is 0. The molecule has 0 spiro atoms. The maximum Gasteiger partial charge on any atom is 0.122 e. The summed E-state index contributed by atoms with van der Waals surface area (Å²) in [6, 6.07) is 7.25. The van der Waals surface area contributed by atoms with Crippen LogP contribution in [0, 0.1) is 0 Å². The molecule has 1 rings (SSSR count). The highest BCUT2D eigenvalue weighted by molar-refractivity contribution is 5.56. The molecule has 0 radical (unpaired) electrons. The van der Waals surface area contributed by atoms with E-state index in [4.69, 9.17) is 0 Å². The lowest BCUT2D eigenvalue weighted by Crippen LogP contribution is -1.71. The first kappa shape index (κ1) is 8.60. The fraction of sp³-hybridized carbons (Fsp3) is 0.0909. The van der Waals surface area contributed by atoms with E-state index in [0.717, 1.165) is 12.0 Å². The van der Waals surface area contributed by atoms with E-state index in [1.807, 2.05) is 30.4 Å². The molecule has 0 fully saturated rings. The predicted molar refractivity (Wildman–Crippen MR) is 52.0 cm³/mol. The second kappa shape index (κ2) is 4.39. The molecule has 1 heteroatoms. The number of hydrogen-bond donors (Lipinski definition) is 1. The molecule has 12 heavy (non-hydrogen) atoms. The summed E-state index contributed by atoms with van der Waals surface area (Å²) in [6.07, 6.45) is 6.49. The van der Waals surface area contributed by atoms with Gasteiger partial charge in [0.05, 0.1) is 0 Å². The second-order valence-electron chi connectivity index (χ2n) is 2.49. The predicted octanol–water partition coefficient (Wildman–Crippen LogP) is 2.98. The monoisotopic (exact) mass is 160 g/mol. The average molecular weight is 160 g/mol. The van der Waals surface area contributed by atoms with Crippen LogP contribution in [-0.4, -0.2) is 5.11 Å². The highest BCUT2D eigenvalue weighted by Gasteiger charge is 1.91. The Labute approximate surface area is 72.7 Å². The van der Waals surface area contributed by atoms with Crippen LogP contribution in [0.15, 0.2) is 43.0 Å². The van der Waals surface area contributed by atoms with E-state index in [9.17, 15) is 5.11 Å². The molecule has 1 N–H and O–H groups in total. The van der Waals surface area contributed by atoms with Crippen molar-refractivity contribution < 1.29 is 5.11 Å². The fourth-order valence-corrected chi connectivity index (χ4v) is 0.920. The van der Waals surface area contributed by atoms with Gasteiger partial charge in [0, 0.05) is 5.56 Å². The number of aromatic hydroxyl groups is 1. The summed E-state index contributed by atoms with van der Waals surface area (Å²) in [7, 11) is 0. The molecule has 0 aliphatic heterocycles. The minimum Gasteiger partial charge on any atom is -0.507 e. The van der Waals surface area contributed by atoms with Crippen molar-refractivity contribution in [3.05, 3.63) is 48.6 Å². The van der Waals surface area contributed by atoms with Crippen LogP contribution in [0.3, 0.4) is 0 Å². The van der Waals surface area contributed by atoms with Gasteiger partial charge in [0.25, 0.3) is 0 Å². The van der Waals surface area contributed by atoms with Crippen LogP contribution in [0.2, 0.25) is 0 Å². The largest absolute Gasteiger partial charge is 0.507 e. The van der Waals surface area contributed by atoms with Gasteiger partial charge in [-0.05, 0) is 12.5 Å². The summed E-state index contributed by atoms with van der Waals surface area (Å²) in [6.45, 7) is 3.60. The van der Waals surface area contributed by atoms with Crippen molar-refractivity contribution in [3.8, 4) is 5.75 Å². The third-order valence-corrected chi connectivity index (χ3v) is 1.54. The van der Waals surface area contributed by atoms with Gasteiger partial charge in [0.15, 0.2) is 0 Å². The molecule has 0 aliphatic rings. The van der Waals surface area contributed by atoms with E-state index in [0.29, 0.717) is 5.75 Å². The van der Waals surface area contributed by atoms with Crippen LogP contribution < -0.4 is 0 Å². The highest BCUT2D eigenvalue weighted by Crippen LogP contribution is 2.16. The van der Waals surface area contributed by atoms with E-state index >= 15 is 0 Å². The van der Waals surface area contributed by atoms with Gasteiger partial charge in [0.1, 0.15) is 5.75 Å². The molecule has 0 heterocycles. The zero-order valence-corrected chi connectivity index (χ0v) is 6.90. The van der Waals surface area contributed by atoms with Gasteiger partial charge < -0.3 is 5.11 Å². The Balaban J connectivity index is 2.74. The van der Waals surface area contributed by atoms with Gasteiger partial charge >= 0.3 is 0 Å². The lowest BCUT2D eigenvalue weighted by atomic mass is 10.2. The van der Waals surface area contributed by atoms with Crippen LogP contribution in [-0.2, 0) is 0 Å². The SMILES string of the molecule is C=CCC=Cc1ccccc1O. The van der Waals surface area contributed by atoms with E-state index in [1.165, 1.54) is 0 Å². The summed E-state index contributed by atoms with van der Waals surface area (Å²) in [5, 5.41) is 9.33. The van der Waals surface area contributed by atoms with Gasteiger partial charge in [-0.1, -0.05) is 36.4 Å². The molecule has 62 valence electrons. The third-order valence-electron chi connectivity index (χ3n) is 1.54. The summed E-state index contributed by atoms with van der Waals surface area (Å²) in [5.74, 6) is 0.317.